The average Bonchev–Trinajstić information content (AvgIpc) is 2.90. The first kappa shape index (κ1) is 24.7. The van der Waals surface area contributed by atoms with Crippen LogP contribution in [0.1, 0.15) is 55.3 Å². The van der Waals surface area contributed by atoms with E-state index in [1.807, 2.05) is 21.4 Å². The number of nitrogens with zero attached hydrogens (tertiary/aromatic N) is 3. The van der Waals surface area contributed by atoms with E-state index in [0.29, 0.717) is 35.2 Å². The van der Waals surface area contributed by atoms with E-state index in [9.17, 15) is 18.0 Å². The number of carbonyl (C=O) groups excluding carboxylic acids is 1. The fourth-order valence-electron chi connectivity index (χ4n) is 5.23. The molecule has 1 atom stereocenters. The molecule has 2 aliphatic rings. The fraction of sp³-hybridized carbons (Fsp3) is 0.370. The van der Waals surface area contributed by atoms with Gasteiger partial charge in [0.1, 0.15) is 5.82 Å². The third-order valence-electron chi connectivity index (χ3n) is 7.30. The van der Waals surface area contributed by atoms with Crippen molar-refractivity contribution in [3.63, 3.8) is 0 Å². The Morgan fingerprint density at radius 2 is 1.72 bits per heavy atom. The van der Waals surface area contributed by atoms with E-state index in [1.165, 1.54) is 24.2 Å². The fourth-order valence-corrected chi connectivity index (χ4v) is 5.53. The van der Waals surface area contributed by atoms with E-state index in [4.69, 9.17) is 10.7 Å². The molecule has 1 aromatic heterocycles. The van der Waals surface area contributed by atoms with Gasteiger partial charge in [0.15, 0.2) is 17.5 Å². The molecule has 5 rings (SSSR count). The molecule has 1 aliphatic carbocycles. The Kier molecular flexibility index (Phi) is 6.98. The lowest BCUT2D eigenvalue weighted by Crippen LogP contribution is -2.40. The Balaban J connectivity index is 1.52. The lowest BCUT2D eigenvalue weighted by atomic mass is 9.85. The highest BCUT2D eigenvalue weighted by atomic mass is 31.0. The van der Waals surface area contributed by atoms with Crippen molar-refractivity contribution in [1.82, 2.24) is 9.97 Å². The van der Waals surface area contributed by atoms with Gasteiger partial charge in [-0.25, -0.2) is 23.1 Å². The zero-order valence-electron chi connectivity index (χ0n) is 19.9. The Labute approximate surface area is 210 Å². The number of aryl methyl sites for hydroxylation is 1. The number of hydrogen-bond donors (Lipinski definition) is 1. The number of aromatic nitrogens is 2. The molecular formula is C27H28F3N4OP. The summed E-state index contributed by atoms with van der Waals surface area (Å²) in [6, 6.07) is 7.27. The Morgan fingerprint density at radius 3 is 2.44 bits per heavy atom. The normalized spacial score (nSPS) is 16.3. The number of nitrogens with two attached hydrogens (primary N) is 1. The lowest BCUT2D eigenvalue weighted by Gasteiger charge is -2.30. The third kappa shape index (κ3) is 4.71. The summed E-state index contributed by atoms with van der Waals surface area (Å²) in [5.41, 5.74) is 8.29. The SMILES string of the molecule is Nc1ccc(-c2cnc(N3Cc4c(F)c(F)c(P)c(F)c4CC3=O)c(CCC3CCCCC3)n2)cc1. The number of carbonyl (C=O) groups is 1. The summed E-state index contributed by atoms with van der Waals surface area (Å²) in [6.45, 7) is -0.300. The molecule has 0 spiro atoms. The van der Waals surface area contributed by atoms with Crippen LogP contribution in [-0.2, 0) is 24.2 Å². The van der Waals surface area contributed by atoms with Crippen molar-refractivity contribution in [3.8, 4) is 11.3 Å². The van der Waals surface area contributed by atoms with Gasteiger partial charge in [0.2, 0.25) is 5.91 Å². The number of benzene rings is 2. The second kappa shape index (κ2) is 10.2. The quantitative estimate of drug-likeness (QED) is 0.288. The molecule has 2 heterocycles. The van der Waals surface area contributed by atoms with Crippen LogP contribution in [0.3, 0.4) is 0 Å². The van der Waals surface area contributed by atoms with Gasteiger partial charge in [0.25, 0.3) is 0 Å². The maximum Gasteiger partial charge on any atom is 0.233 e. The molecule has 36 heavy (non-hydrogen) atoms. The molecule has 1 amide bonds. The summed E-state index contributed by atoms with van der Waals surface area (Å²) in [6.07, 6.45) is 8.71. The van der Waals surface area contributed by atoms with Gasteiger partial charge < -0.3 is 5.73 Å². The van der Waals surface area contributed by atoms with Gasteiger partial charge in [-0.1, -0.05) is 53.5 Å². The van der Waals surface area contributed by atoms with Crippen LogP contribution in [0.15, 0.2) is 30.5 Å². The summed E-state index contributed by atoms with van der Waals surface area (Å²) in [4.78, 5) is 23.9. The summed E-state index contributed by atoms with van der Waals surface area (Å²) >= 11 is 0. The van der Waals surface area contributed by atoms with E-state index >= 15 is 0 Å². The molecule has 9 heteroatoms. The molecule has 2 aromatic carbocycles. The van der Waals surface area contributed by atoms with E-state index in [-0.39, 0.29) is 24.1 Å². The van der Waals surface area contributed by atoms with E-state index < -0.39 is 28.7 Å². The van der Waals surface area contributed by atoms with Gasteiger partial charge >= 0.3 is 0 Å². The first-order valence-electron chi connectivity index (χ1n) is 12.3. The zero-order chi connectivity index (χ0) is 25.4. The highest BCUT2D eigenvalue weighted by molar-refractivity contribution is 7.27. The summed E-state index contributed by atoms with van der Waals surface area (Å²) < 4.78 is 43.8. The molecule has 5 nitrogen and oxygen atoms in total. The van der Waals surface area contributed by atoms with Crippen molar-refractivity contribution < 1.29 is 18.0 Å². The van der Waals surface area contributed by atoms with Crippen LogP contribution in [0.25, 0.3) is 11.3 Å². The average molecular weight is 513 g/mol. The molecule has 188 valence electrons. The van der Waals surface area contributed by atoms with E-state index in [2.05, 4.69) is 4.98 Å². The molecule has 1 fully saturated rings. The van der Waals surface area contributed by atoms with Crippen LogP contribution >= 0.6 is 9.24 Å². The minimum atomic E-state index is -1.26. The predicted molar refractivity (Wildman–Crippen MR) is 137 cm³/mol. The number of rotatable bonds is 5. The largest absolute Gasteiger partial charge is 0.399 e. The first-order chi connectivity index (χ1) is 17.3. The van der Waals surface area contributed by atoms with Crippen LogP contribution in [-0.4, -0.2) is 15.9 Å². The van der Waals surface area contributed by atoms with Crippen LogP contribution in [0, 0.1) is 23.4 Å². The maximum atomic E-state index is 14.8. The van der Waals surface area contributed by atoms with Crippen molar-refractivity contribution in [2.75, 3.05) is 10.6 Å². The number of fused-ring (bicyclic) bond motifs is 1. The smallest absolute Gasteiger partial charge is 0.233 e. The van der Waals surface area contributed by atoms with Crippen molar-refractivity contribution in [2.45, 2.75) is 57.9 Å². The molecule has 2 N–H and O–H groups in total. The number of nitrogen functional groups attached to an aromatic ring is 1. The van der Waals surface area contributed by atoms with Crippen LogP contribution in [0.4, 0.5) is 24.7 Å². The van der Waals surface area contributed by atoms with Crippen molar-refractivity contribution >= 4 is 32.0 Å². The second-order valence-electron chi connectivity index (χ2n) is 9.66. The van der Waals surface area contributed by atoms with Gasteiger partial charge in [-0.15, -0.1) is 0 Å². The molecule has 1 aliphatic heterocycles. The van der Waals surface area contributed by atoms with E-state index in [1.54, 1.807) is 18.3 Å². The lowest BCUT2D eigenvalue weighted by molar-refractivity contribution is -0.118. The van der Waals surface area contributed by atoms with Crippen LogP contribution in [0.2, 0.25) is 0 Å². The van der Waals surface area contributed by atoms with Gasteiger partial charge in [0.05, 0.1) is 30.6 Å². The van der Waals surface area contributed by atoms with Gasteiger partial charge in [-0.05, 0) is 30.9 Å². The van der Waals surface area contributed by atoms with Crippen LogP contribution in [0.5, 0.6) is 0 Å². The van der Waals surface area contributed by atoms with E-state index in [0.717, 1.165) is 24.8 Å². The standard InChI is InChI=1S/C27H28F3N4OP/c28-23-19-14-34(22(35)12-18(19)24(29)26(36)25(23)30)27-20(11-6-15-4-2-1-3-5-15)33-21(13-32-27)16-7-9-17(31)10-8-16/h7-10,13,15H,1-6,11-12,14,31,36H2. The molecule has 0 radical (unpaired) electrons. The number of hydrogen-bond acceptors (Lipinski definition) is 4. The number of amides is 1. The predicted octanol–water partition coefficient (Wildman–Crippen LogP) is 5.25. The third-order valence-corrected chi connectivity index (χ3v) is 7.81. The molecule has 0 saturated heterocycles. The minimum Gasteiger partial charge on any atom is -0.399 e. The Hall–Kier alpha value is -2.99. The highest BCUT2D eigenvalue weighted by Gasteiger charge is 2.34. The van der Waals surface area contributed by atoms with Crippen molar-refractivity contribution in [2.24, 2.45) is 5.92 Å². The topological polar surface area (TPSA) is 72.1 Å². The monoisotopic (exact) mass is 512 g/mol. The maximum absolute atomic E-state index is 14.8. The molecule has 1 saturated carbocycles. The number of anilines is 2. The highest BCUT2D eigenvalue weighted by Crippen LogP contribution is 2.33. The number of halogens is 3. The summed E-state index contributed by atoms with van der Waals surface area (Å²) in [7, 11) is 1.87. The van der Waals surface area contributed by atoms with Gasteiger partial charge in [0, 0.05) is 27.7 Å². The first-order valence-corrected chi connectivity index (χ1v) is 12.9. The molecular weight excluding hydrogens is 484 g/mol. The Morgan fingerprint density at radius 1 is 1.00 bits per heavy atom. The summed E-state index contributed by atoms with van der Waals surface area (Å²) in [5.74, 6) is -2.82. The van der Waals surface area contributed by atoms with Gasteiger partial charge in [-0.3, -0.25) is 9.69 Å². The minimum absolute atomic E-state index is 0.102. The zero-order valence-corrected chi connectivity index (χ0v) is 21.0. The molecule has 3 aromatic rings. The molecule has 1 unspecified atom stereocenters. The molecule has 0 bridgehead atoms. The second-order valence-corrected chi connectivity index (χ2v) is 10.2. The Bertz CT molecular complexity index is 1310. The summed E-state index contributed by atoms with van der Waals surface area (Å²) in [5, 5.41) is -0.492. The van der Waals surface area contributed by atoms with Crippen molar-refractivity contribution in [1.29, 1.82) is 0 Å². The van der Waals surface area contributed by atoms with Crippen LogP contribution < -0.4 is 15.9 Å². The van der Waals surface area contributed by atoms with Gasteiger partial charge in [-0.2, -0.15) is 0 Å². The van der Waals surface area contributed by atoms with Crippen molar-refractivity contribution in [3.05, 3.63) is 64.7 Å².